The SMILES string of the molecule is C1CC12COSOC2.O. The fourth-order valence-corrected chi connectivity index (χ4v) is 1.50. The first-order valence-electron chi connectivity index (χ1n) is 2.82. The zero-order valence-corrected chi connectivity index (χ0v) is 5.87. The molecule has 0 aromatic heterocycles. The molecular weight excluding hydrogens is 140 g/mol. The van der Waals surface area contributed by atoms with Crippen molar-refractivity contribution in [1.29, 1.82) is 0 Å². The van der Waals surface area contributed by atoms with Crippen molar-refractivity contribution < 1.29 is 13.8 Å². The summed E-state index contributed by atoms with van der Waals surface area (Å²) in [5.74, 6) is 0. The molecule has 0 aromatic rings. The van der Waals surface area contributed by atoms with Crippen molar-refractivity contribution in [1.82, 2.24) is 0 Å². The fraction of sp³-hybridized carbons (Fsp3) is 1.00. The maximum atomic E-state index is 5.04. The fourth-order valence-electron chi connectivity index (χ4n) is 0.839. The number of rotatable bonds is 0. The normalized spacial score (nSPS) is 29.3. The molecule has 1 aliphatic carbocycles. The van der Waals surface area contributed by atoms with Crippen molar-refractivity contribution in [3.8, 4) is 0 Å². The van der Waals surface area contributed by atoms with Crippen LogP contribution < -0.4 is 0 Å². The van der Waals surface area contributed by atoms with Gasteiger partial charge in [-0.25, -0.2) is 0 Å². The number of hydrogen-bond donors (Lipinski definition) is 0. The predicted octanol–water partition coefficient (Wildman–Crippen LogP) is 0.552. The van der Waals surface area contributed by atoms with E-state index in [1.54, 1.807) is 0 Å². The maximum Gasteiger partial charge on any atom is 0.158 e. The van der Waals surface area contributed by atoms with E-state index >= 15 is 0 Å². The van der Waals surface area contributed by atoms with E-state index in [0.717, 1.165) is 25.5 Å². The molecule has 1 saturated carbocycles. The predicted molar refractivity (Wildman–Crippen MR) is 34.8 cm³/mol. The highest BCUT2D eigenvalue weighted by molar-refractivity contribution is 7.89. The van der Waals surface area contributed by atoms with Gasteiger partial charge in [-0.1, -0.05) is 0 Å². The van der Waals surface area contributed by atoms with Gasteiger partial charge in [0.1, 0.15) is 0 Å². The minimum atomic E-state index is 0. The van der Waals surface area contributed by atoms with Gasteiger partial charge in [0.2, 0.25) is 0 Å². The first kappa shape index (κ1) is 7.34. The van der Waals surface area contributed by atoms with Gasteiger partial charge in [-0.3, -0.25) is 8.37 Å². The van der Waals surface area contributed by atoms with Crippen molar-refractivity contribution in [2.45, 2.75) is 12.8 Å². The van der Waals surface area contributed by atoms with Gasteiger partial charge in [0.25, 0.3) is 0 Å². The van der Waals surface area contributed by atoms with E-state index < -0.39 is 0 Å². The van der Waals surface area contributed by atoms with E-state index in [0.29, 0.717) is 5.41 Å². The smallest absolute Gasteiger partial charge is 0.158 e. The molecule has 0 atom stereocenters. The minimum absolute atomic E-state index is 0. The van der Waals surface area contributed by atoms with E-state index in [9.17, 15) is 0 Å². The Morgan fingerprint density at radius 3 is 2.00 bits per heavy atom. The van der Waals surface area contributed by atoms with Gasteiger partial charge >= 0.3 is 0 Å². The molecule has 1 saturated heterocycles. The van der Waals surface area contributed by atoms with Gasteiger partial charge < -0.3 is 5.48 Å². The van der Waals surface area contributed by atoms with E-state index in [1.165, 1.54) is 12.8 Å². The molecule has 9 heavy (non-hydrogen) atoms. The molecule has 0 unspecified atom stereocenters. The molecule has 2 aliphatic rings. The van der Waals surface area contributed by atoms with Gasteiger partial charge in [0.15, 0.2) is 12.3 Å². The van der Waals surface area contributed by atoms with Crippen LogP contribution in [0.4, 0.5) is 0 Å². The van der Waals surface area contributed by atoms with Crippen LogP contribution in [0.2, 0.25) is 0 Å². The second kappa shape index (κ2) is 2.46. The summed E-state index contributed by atoms with van der Waals surface area (Å²) in [6.45, 7) is 1.80. The van der Waals surface area contributed by atoms with Crippen LogP contribution in [0.25, 0.3) is 0 Å². The van der Waals surface area contributed by atoms with Crippen molar-refractivity contribution in [3.63, 3.8) is 0 Å². The number of hydrogen-bond acceptors (Lipinski definition) is 3. The third-order valence-electron chi connectivity index (χ3n) is 1.78. The van der Waals surface area contributed by atoms with Crippen LogP contribution in [-0.4, -0.2) is 18.7 Å². The summed E-state index contributed by atoms with van der Waals surface area (Å²) < 4.78 is 10.1. The summed E-state index contributed by atoms with van der Waals surface area (Å²) in [7, 11) is 0. The van der Waals surface area contributed by atoms with Gasteiger partial charge in [-0.05, 0) is 12.8 Å². The zero-order chi connectivity index (χ0) is 5.45. The van der Waals surface area contributed by atoms with E-state index in [1.807, 2.05) is 0 Å². The molecule has 1 heterocycles. The third-order valence-corrected chi connectivity index (χ3v) is 2.21. The van der Waals surface area contributed by atoms with Crippen LogP contribution >= 0.6 is 12.3 Å². The summed E-state index contributed by atoms with van der Waals surface area (Å²) in [6.07, 6.45) is 2.60. The van der Waals surface area contributed by atoms with Crippen molar-refractivity contribution in [3.05, 3.63) is 0 Å². The molecule has 0 radical (unpaired) electrons. The molecular formula is C5H10O3S. The Labute approximate surface area is 58.4 Å². The first-order chi connectivity index (χ1) is 3.91. The molecule has 2 N–H and O–H groups in total. The lowest BCUT2D eigenvalue weighted by molar-refractivity contribution is 0.130. The van der Waals surface area contributed by atoms with Crippen LogP contribution in [0, 0.1) is 5.41 Å². The average Bonchev–Trinajstić information content (AvgIpc) is 2.52. The molecule has 1 spiro atoms. The Morgan fingerprint density at radius 1 is 1.11 bits per heavy atom. The first-order valence-corrected chi connectivity index (χ1v) is 3.49. The van der Waals surface area contributed by atoms with Gasteiger partial charge in [0.05, 0.1) is 13.2 Å². The minimum Gasteiger partial charge on any atom is -0.412 e. The summed E-state index contributed by atoms with van der Waals surface area (Å²) in [6, 6.07) is 0. The van der Waals surface area contributed by atoms with E-state index in [2.05, 4.69) is 0 Å². The van der Waals surface area contributed by atoms with Gasteiger partial charge in [-0.2, -0.15) is 0 Å². The molecule has 1 aliphatic heterocycles. The molecule has 0 bridgehead atoms. The zero-order valence-electron chi connectivity index (χ0n) is 5.05. The molecule has 0 amide bonds. The average molecular weight is 150 g/mol. The third kappa shape index (κ3) is 1.38. The highest BCUT2D eigenvalue weighted by Gasteiger charge is 2.45. The van der Waals surface area contributed by atoms with Crippen molar-refractivity contribution >= 4 is 12.3 Å². The van der Waals surface area contributed by atoms with Gasteiger partial charge in [-0.15, -0.1) is 0 Å². The lowest BCUT2D eigenvalue weighted by Gasteiger charge is -2.18. The molecule has 4 heteroatoms. The highest BCUT2D eigenvalue weighted by Crippen LogP contribution is 2.49. The van der Waals surface area contributed by atoms with Crippen LogP contribution in [0.5, 0.6) is 0 Å². The lowest BCUT2D eigenvalue weighted by atomic mass is 10.1. The molecule has 2 fully saturated rings. The van der Waals surface area contributed by atoms with E-state index in [4.69, 9.17) is 8.37 Å². The molecule has 2 rings (SSSR count). The highest BCUT2D eigenvalue weighted by atomic mass is 32.2. The van der Waals surface area contributed by atoms with Crippen LogP contribution in [-0.2, 0) is 8.37 Å². The second-order valence-electron chi connectivity index (χ2n) is 2.59. The summed E-state index contributed by atoms with van der Waals surface area (Å²) in [5.41, 5.74) is 0.464. The topological polar surface area (TPSA) is 50.0 Å². The second-order valence-corrected chi connectivity index (χ2v) is 3.20. The Morgan fingerprint density at radius 2 is 1.67 bits per heavy atom. The molecule has 0 aromatic carbocycles. The van der Waals surface area contributed by atoms with Crippen molar-refractivity contribution in [2.75, 3.05) is 13.2 Å². The lowest BCUT2D eigenvalue weighted by Crippen LogP contribution is -2.18. The quantitative estimate of drug-likeness (QED) is 0.474. The largest absolute Gasteiger partial charge is 0.412 e. The summed E-state index contributed by atoms with van der Waals surface area (Å²) >= 11 is 1.14. The summed E-state index contributed by atoms with van der Waals surface area (Å²) in [5, 5.41) is 0. The maximum absolute atomic E-state index is 5.04. The van der Waals surface area contributed by atoms with Crippen LogP contribution in [0.3, 0.4) is 0 Å². The molecule has 3 nitrogen and oxygen atoms in total. The van der Waals surface area contributed by atoms with E-state index in [-0.39, 0.29) is 5.48 Å². The van der Waals surface area contributed by atoms with Gasteiger partial charge in [0, 0.05) is 5.41 Å². The Bertz CT molecular complexity index is 94.4. The molecule has 54 valence electrons. The summed E-state index contributed by atoms with van der Waals surface area (Å²) in [4.78, 5) is 0. The standard InChI is InChI=1S/C5H8O2S.H2O/c1-2-5(1)3-6-8-7-4-5;/h1-4H2;1H2. The Kier molecular flexibility index (Phi) is 2.00. The van der Waals surface area contributed by atoms with Crippen LogP contribution in [0.15, 0.2) is 0 Å². The Hall–Kier alpha value is 0.230. The Balaban J connectivity index is 0.000000405. The van der Waals surface area contributed by atoms with Crippen LogP contribution in [0.1, 0.15) is 12.8 Å². The van der Waals surface area contributed by atoms with Crippen molar-refractivity contribution in [2.24, 2.45) is 5.41 Å². The monoisotopic (exact) mass is 150 g/mol.